The Morgan fingerprint density at radius 3 is 2.39 bits per heavy atom. The molecule has 10 heteroatoms. The molecule has 2 heterocycles. The highest BCUT2D eigenvalue weighted by Crippen LogP contribution is 2.35. The fourth-order valence-electron chi connectivity index (χ4n) is 4.24. The van der Waals surface area contributed by atoms with Gasteiger partial charge in [0.05, 0.1) is 11.5 Å². The van der Waals surface area contributed by atoms with E-state index >= 15 is 0 Å². The maximum atomic E-state index is 13.3. The van der Waals surface area contributed by atoms with Crippen molar-refractivity contribution < 1.29 is 27.9 Å². The second-order valence-electron chi connectivity index (χ2n) is 8.42. The summed E-state index contributed by atoms with van der Waals surface area (Å²) in [6.45, 7) is 0.700. The molecule has 0 spiro atoms. The van der Waals surface area contributed by atoms with Gasteiger partial charge in [-0.25, -0.2) is 13.9 Å². The molecule has 2 aromatic carbocycles. The first kappa shape index (κ1) is 27.6. The summed E-state index contributed by atoms with van der Waals surface area (Å²) >= 11 is 0. The summed E-state index contributed by atoms with van der Waals surface area (Å²) in [7, 11) is -4.05. The number of amides is 1. The topological polar surface area (TPSA) is 115 Å². The summed E-state index contributed by atoms with van der Waals surface area (Å²) in [4.78, 5) is 16.7. The molecule has 4 rings (SSSR count). The predicted molar refractivity (Wildman–Crippen MR) is 137 cm³/mol. The van der Waals surface area contributed by atoms with Crippen LogP contribution < -0.4 is 10.2 Å². The smallest absolute Gasteiger partial charge is 0.265 e. The van der Waals surface area contributed by atoms with Gasteiger partial charge in [-0.05, 0) is 67.1 Å². The third kappa shape index (κ3) is 5.87. The lowest BCUT2D eigenvalue weighted by molar-refractivity contribution is -0.134. The minimum atomic E-state index is -4.05. The fourth-order valence-corrected chi connectivity index (χ4v) is 6.18. The highest BCUT2D eigenvalue weighted by atomic mass is 35.5. The van der Waals surface area contributed by atoms with E-state index in [1.807, 2.05) is 42.7 Å². The van der Waals surface area contributed by atoms with Crippen molar-refractivity contribution in [3.8, 4) is 16.9 Å². The minimum absolute atomic E-state index is 0. The molecule has 192 valence electrons. The van der Waals surface area contributed by atoms with Gasteiger partial charge in [-0.15, -0.1) is 12.4 Å². The number of hydrogen-bond donors (Lipinski definition) is 2. The van der Waals surface area contributed by atoms with E-state index in [1.165, 1.54) is 17.6 Å². The molecule has 3 aromatic rings. The van der Waals surface area contributed by atoms with Gasteiger partial charge in [0.25, 0.3) is 5.91 Å². The summed E-state index contributed by atoms with van der Waals surface area (Å²) in [5, 5.41) is 9.15. The van der Waals surface area contributed by atoms with Crippen LogP contribution in [0.25, 0.3) is 11.1 Å². The van der Waals surface area contributed by atoms with E-state index in [-0.39, 0.29) is 43.4 Å². The minimum Gasteiger partial charge on any atom is -0.494 e. The molecule has 0 bridgehead atoms. The number of halogens is 1. The van der Waals surface area contributed by atoms with E-state index < -0.39 is 20.5 Å². The summed E-state index contributed by atoms with van der Waals surface area (Å²) in [6, 6.07) is 18.2. The molecule has 8 nitrogen and oxygen atoms in total. The third-order valence-corrected chi connectivity index (χ3v) is 8.76. The van der Waals surface area contributed by atoms with E-state index in [4.69, 9.17) is 14.7 Å². The van der Waals surface area contributed by atoms with Crippen LogP contribution >= 0.6 is 12.4 Å². The molecule has 0 saturated carbocycles. The van der Waals surface area contributed by atoms with Gasteiger partial charge in [-0.3, -0.25) is 15.0 Å². The Bertz CT molecular complexity index is 1250. The van der Waals surface area contributed by atoms with E-state index in [0.29, 0.717) is 12.4 Å². The summed E-state index contributed by atoms with van der Waals surface area (Å²) in [5.74, 6) is -0.403. The molecule has 0 unspecified atom stereocenters. The van der Waals surface area contributed by atoms with Crippen LogP contribution in [0.3, 0.4) is 0 Å². The number of ether oxygens (including phenoxy) is 2. The highest BCUT2D eigenvalue weighted by molar-refractivity contribution is 7.93. The molecular formula is C26H29ClN2O6S. The van der Waals surface area contributed by atoms with Crippen LogP contribution in [0.15, 0.2) is 78.0 Å². The Kier molecular flexibility index (Phi) is 9.44. The molecule has 1 fully saturated rings. The molecule has 1 aromatic heterocycles. The predicted octanol–water partition coefficient (Wildman–Crippen LogP) is 4.01. The molecule has 1 aliphatic heterocycles. The van der Waals surface area contributed by atoms with Crippen molar-refractivity contribution in [1.29, 1.82) is 0 Å². The van der Waals surface area contributed by atoms with Crippen molar-refractivity contribution in [2.45, 2.75) is 35.3 Å². The first-order chi connectivity index (χ1) is 17.0. The van der Waals surface area contributed by atoms with Crippen LogP contribution in [0, 0.1) is 0 Å². The highest BCUT2D eigenvalue weighted by Gasteiger charge is 2.52. The van der Waals surface area contributed by atoms with E-state index in [1.54, 1.807) is 12.1 Å². The van der Waals surface area contributed by atoms with Gasteiger partial charge in [0, 0.05) is 31.2 Å². The maximum absolute atomic E-state index is 13.3. The van der Waals surface area contributed by atoms with Gasteiger partial charge in [0.2, 0.25) is 0 Å². The Balaban J connectivity index is 0.00000361. The van der Waals surface area contributed by atoms with E-state index in [2.05, 4.69) is 11.1 Å². The van der Waals surface area contributed by atoms with Gasteiger partial charge in [0.15, 0.2) is 14.6 Å². The maximum Gasteiger partial charge on any atom is 0.265 e. The molecule has 36 heavy (non-hydrogen) atoms. The molecule has 0 radical (unpaired) electrons. The first-order valence-corrected chi connectivity index (χ1v) is 12.9. The molecule has 1 aliphatic rings. The number of pyridine rings is 1. The van der Waals surface area contributed by atoms with E-state index in [0.717, 1.165) is 29.5 Å². The van der Waals surface area contributed by atoms with Crippen molar-refractivity contribution in [3.05, 3.63) is 78.6 Å². The van der Waals surface area contributed by atoms with Crippen LogP contribution in [-0.2, 0) is 25.8 Å². The van der Waals surface area contributed by atoms with Crippen molar-refractivity contribution in [1.82, 2.24) is 10.5 Å². The lowest BCUT2D eigenvalue weighted by Crippen LogP contribution is -2.54. The summed E-state index contributed by atoms with van der Waals surface area (Å²) < 4.78 is 35.9. The normalized spacial score (nSPS) is 14.9. The quantitative estimate of drug-likeness (QED) is 0.243. The van der Waals surface area contributed by atoms with Crippen LogP contribution in [0.4, 0.5) is 0 Å². The number of aryl methyl sites for hydroxylation is 1. The Hall–Kier alpha value is -2.98. The van der Waals surface area contributed by atoms with E-state index in [9.17, 15) is 13.2 Å². The summed E-state index contributed by atoms with van der Waals surface area (Å²) in [6.07, 6.45) is 5.20. The molecule has 0 aliphatic carbocycles. The van der Waals surface area contributed by atoms with Gasteiger partial charge >= 0.3 is 0 Å². The van der Waals surface area contributed by atoms with Gasteiger partial charge in [-0.1, -0.05) is 30.3 Å². The summed E-state index contributed by atoms with van der Waals surface area (Å²) in [5.41, 5.74) is 4.82. The van der Waals surface area contributed by atoms with Crippen LogP contribution in [-0.4, -0.2) is 49.1 Å². The zero-order valence-electron chi connectivity index (χ0n) is 19.6. The Morgan fingerprint density at radius 2 is 1.72 bits per heavy atom. The second kappa shape index (κ2) is 12.3. The van der Waals surface area contributed by atoms with Crippen molar-refractivity contribution in [3.63, 3.8) is 0 Å². The molecule has 1 saturated heterocycles. The van der Waals surface area contributed by atoms with Crippen molar-refractivity contribution in [2.24, 2.45) is 0 Å². The van der Waals surface area contributed by atoms with Crippen LogP contribution in [0.2, 0.25) is 0 Å². The first-order valence-electron chi connectivity index (χ1n) is 11.5. The monoisotopic (exact) mass is 532 g/mol. The number of nitrogens with zero attached hydrogens (tertiary/aromatic N) is 1. The third-order valence-electron chi connectivity index (χ3n) is 6.24. The zero-order chi connectivity index (χ0) is 24.7. The number of nitrogens with one attached hydrogen (secondary N) is 1. The van der Waals surface area contributed by atoms with Crippen molar-refractivity contribution >= 4 is 28.2 Å². The number of carbonyl (C=O) groups excluding carboxylic acids is 1. The average Bonchev–Trinajstić information content (AvgIpc) is 2.92. The second-order valence-corrected chi connectivity index (χ2v) is 10.7. The largest absolute Gasteiger partial charge is 0.494 e. The number of sulfone groups is 1. The Morgan fingerprint density at radius 1 is 1.03 bits per heavy atom. The van der Waals surface area contributed by atoms with Crippen LogP contribution in [0.1, 0.15) is 24.8 Å². The standard InChI is InChI=1S/C26H28N2O6S.ClH/c29-25(28-30)26(12-15-33-16-13-26)35(31,32)24-10-8-23(9-11-24)34-14-4-5-20-17-22(19-27-18-20)21-6-2-1-3-7-21;/h1-3,6-11,17-19,30H,4-5,12-16H2,(H,28,29);1H. The SMILES string of the molecule is Cl.O=C(NO)C1(S(=O)(=O)c2ccc(OCCCc3cncc(-c4ccccc4)c3)cc2)CCOCC1. The lowest BCUT2D eigenvalue weighted by atomic mass is 9.98. The van der Waals surface area contributed by atoms with Gasteiger partial charge in [0.1, 0.15) is 5.75 Å². The number of rotatable bonds is 9. The van der Waals surface area contributed by atoms with Gasteiger partial charge in [-0.2, -0.15) is 0 Å². The number of benzene rings is 2. The van der Waals surface area contributed by atoms with Gasteiger partial charge < -0.3 is 9.47 Å². The molecule has 2 N–H and O–H groups in total. The number of carbonyl (C=O) groups is 1. The molecule has 0 atom stereocenters. The number of hydrogen-bond acceptors (Lipinski definition) is 7. The Labute approximate surface area is 217 Å². The number of hydroxylamine groups is 1. The lowest BCUT2D eigenvalue weighted by Gasteiger charge is -2.34. The number of aromatic nitrogens is 1. The molecular weight excluding hydrogens is 504 g/mol. The van der Waals surface area contributed by atoms with Crippen molar-refractivity contribution in [2.75, 3.05) is 19.8 Å². The molecule has 1 amide bonds. The average molecular weight is 533 g/mol. The zero-order valence-corrected chi connectivity index (χ0v) is 21.3. The fraction of sp³-hybridized carbons (Fsp3) is 0.308. The van der Waals surface area contributed by atoms with Crippen LogP contribution in [0.5, 0.6) is 5.75 Å².